The second-order valence-electron chi connectivity index (χ2n) is 3.40. The summed E-state index contributed by atoms with van der Waals surface area (Å²) in [6, 6.07) is 0. The summed E-state index contributed by atoms with van der Waals surface area (Å²) in [6.07, 6.45) is 0.902. The van der Waals surface area contributed by atoms with Gasteiger partial charge in [-0.05, 0) is 13.0 Å². The zero-order valence-electron chi connectivity index (χ0n) is 10.5. The molecular weight excluding hydrogens is 210 g/mol. The molecule has 0 unspecified atom stereocenters. The maximum atomic E-state index is 11.0. The third kappa shape index (κ3) is 8.64. The van der Waals surface area contributed by atoms with E-state index in [1.807, 2.05) is 11.8 Å². The molecule has 0 aromatic rings. The van der Waals surface area contributed by atoms with Gasteiger partial charge in [-0.1, -0.05) is 6.92 Å². The predicted octanol–water partition coefficient (Wildman–Crippen LogP) is 0.534. The second kappa shape index (κ2) is 10.9. The molecule has 0 atom stereocenters. The van der Waals surface area contributed by atoms with E-state index >= 15 is 0 Å². The van der Waals surface area contributed by atoms with Crippen molar-refractivity contribution < 1.29 is 19.0 Å². The number of nitrogens with zero attached hydrogens (tertiary/aromatic N) is 1. The highest BCUT2D eigenvalue weighted by Crippen LogP contribution is 1.91. The SMILES string of the molecule is CCN(CCOCCCOC)CC(=O)OC. The number of carbonyl (C=O) groups excluding carboxylic acids is 1. The highest BCUT2D eigenvalue weighted by molar-refractivity contribution is 5.71. The molecule has 0 amide bonds. The van der Waals surface area contributed by atoms with Crippen LogP contribution < -0.4 is 0 Å². The molecule has 0 rings (SSSR count). The summed E-state index contributed by atoms with van der Waals surface area (Å²) in [5, 5.41) is 0. The first-order chi connectivity index (χ1) is 7.74. The lowest BCUT2D eigenvalue weighted by molar-refractivity contribution is -0.142. The average Bonchev–Trinajstić information content (AvgIpc) is 2.31. The van der Waals surface area contributed by atoms with Gasteiger partial charge in [0, 0.05) is 26.9 Å². The topological polar surface area (TPSA) is 48.0 Å². The van der Waals surface area contributed by atoms with E-state index in [1.54, 1.807) is 7.11 Å². The number of methoxy groups -OCH3 is 2. The second-order valence-corrected chi connectivity index (χ2v) is 3.40. The van der Waals surface area contributed by atoms with Crippen LogP contribution in [-0.2, 0) is 19.0 Å². The van der Waals surface area contributed by atoms with Gasteiger partial charge in [-0.2, -0.15) is 0 Å². The zero-order valence-corrected chi connectivity index (χ0v) is 10.5. The molecule has 0 aromatic heterocycles. The molecule has 0 N–H and O–H groups in total. The van der Waals surface area contributed by atoms with E-state index in [4.69, 9.17) is 9.47 Å². The minimum Gasteiger partial charge on any atom is -0.468 e. The van der Waals surface area contributed by atoms with Crippen molar-refractivity contribution in [1.29, 1.82) is 0 Å². The molecule has 0 saturated carbocycles. The van der Waals surface area contributed by atoms with Crippen LogP contribution in [0.25, 0.3) is 0 Å². The minimum absolute atomic E-state index is 0.207. The summed E-state index contributed by atoms with van der Waals surface area (Å²) in [6.45, 7) is 5.95. The van der Waals surface area contributed by atoms with Crippen molar-refractivity contribution in [2.24, 2.45) is 0 Å². The third-order valence-electron chi connectivity index (χ3n) is 2.22. The summed E-state index contributed by atoms with van der Waals surface area (Å²) in [5.74, 6) is -0.207. The van der Waals surface area contributed by atoms with Gasteiger partial charge in [0.25, 0.3) is 0 Å². The smallest absolute Gasteiger partial charge is 0.319 e. The molecule has 5 nitrogen and oxygen atoms in total. The number of likely N-dealkylation sites (N-methyl/N-ethyl adjacent to an activating group) is 1. The first kappa shape index (κ1) is 15.3. The van der Waals surface area contributed by atoms with E-state index in [0.717, 1.165) is 26.1 Å². The third-order valence-corrected chi connectivity index (χ3v) is 2.22. The predicted molar refractivity (Wildman–Crippen MR) is 61.4 cm³/mol. The van der Waals surface area contributed by atoms with E-state index < -0.39 is 0 Å². The van der Waals surface area contributed by atoms with E-state index in [-0.39, 0.29) is 5.97 Å². The summed E-state index contributed by atoms with van der Waals surface area (Å²) < 4.78 is 14.9. The van der Waals surface area contributed by atoms with E-state index in [9.17, 15) is 4.79 Å². The molecule has 0 spiro atoms. The molecule has 0 aromatic carbocycles. The molecule has 16 heavy (non-hydrogen) atoms. The molecule has 5 heteroatoms. The number of hydrogen-bond donors (Lipinski definition) is 0. The summed E-state index contributed by atoms with van der Waals surface area (Å²) in [4.78, 5) is 13.0. The Morgan fingerprint density at radius 2 is 1.94 bits per heavy atom. The lowest BCUT2D eigenvalue weighted by Gasteiger charge is -2.18. The number of ether oxygens (including phenoxy) is 3. The lowest BCUT2D eigenvalue weighted by atomic mass is 10.4. The molecule has 0 aliphatic carbocycles. The highest BCUT2D eigenvalue weighted by atomic mass is 16.5. The van der Waals surface area contributed by atoms with Crippen LogP contribution in [0.2, 0.25) is 0 Å². The van der Waals surface area contributed by atoms with Gasteiger partial charge in [0.2, 0.25) is 0 Å². The van der Waals surface area contributed by atoms with Crippen molar-refractivity contribution in [3.05, 3.63) is 0 Å². The summed E-state index contributed by atoms with van der Waals surface area (Å²) in [5.41, 5.74) is 0. The van der Waals surface area contributed by atoms with Crippen LogP contribution >= 0.6 is 0 Å². The Morgan fingerprint density at radius 3 is 2.50 bits per heavy atom. The van der Waals surface area contributed by atoms with E-state index in [0.29, 0.717) is 19.8 Å². The molecule has 0 aliphatic rings. The number of rotatable bonds is 10. The molecule has 0 radical (unpaired) electrons. The molecule has 0 bridgehead atoms. The largest absolute Gasteiger partial charge is 0.468 e. The molecular formula is C11H23NO4. The molecule has 0 fully saturated rings. The molecule has 0 saturated heterocycles. The van der Waals surface area contributed by atoms with Crippen LogP contribution in [0.15, 0.2) is 0 Å². The van der Waals surface area contributed by atoms with Gasteiger partial charge in [0.05, 0.1) is 20.3 Å². The van der Waals surface area contributed by atoms with Gasteiger partial charge in [-0.25, -0.2) is 0 Å². The number of esters is 1. The Kier molecular flexibility index (Phi) is 10.4. The van der Waals surface area contributed by atoms with Crippen molar-refractivity contribution in [1.82, 2.24) is 4.90 Å². The number of carbonyl (C=O) groups is 1. The van der Waals surface area contributed by atoms with Crippen molar-refractivity contribution in [3.8, 4) is 0 Å². The first-order valence-electron chi connectivity index (χ1n) is 5.60. The van der Waals surface area contributed by atoms with E-state index in [1.165, 1.54) is 7.11 Å². The maximum Gasteiger partial charge on any atom is 0.319 e. The fraction of sp³-hybridized carbons (Fsp3) is 0.909. The fourth-order valence-corrected chi connectivity index (χ4v) is 1.20. The Morgan fingerprint density at radius 1 is 1.19 bits per heavy atom. The Balaban J connectivity index is 3.44. The molecule has 0 heterocycles. The fourth-order valence-electron chi connectivity index (χ4n) is 1.20. The van der Waals surface area contributed by atoms with Crippen LogP contribution in [0, 0.1) is 0 Å². The van der Waals surface area contributed by atoms with Gasteiger partial charge >= 0.3 is 5.97 Å². The summed E-state index contributed by atoms with van der Waals surface area (Å²) >= 11 is 0. The Labute approximate surface area is 97.7 Å². The monoisotopic (exact) mass is 233 g/mol. The van der Waals surface area contributed by atoms with Crippen molar-refractivity contribution in [3.63, 3.8) is 0 Å². The van der Waals surface area contributed by atoms with Gasteiger partial charge in [0.15, 0.2) is 0 Å². The summed E-state index contributed by atoms with van der Waals surface area (Å²) in [7, 11) is 3.08. The van der Waals surface area contributed by atoms with Crippen LogP contribution in [0.4, 0.5) is 0 Å². The molecule has 0 aliphatic heterocycles. The highest BCUT2D eigenvalue weighted by Gasteiger charge is 2.08. The molecule has 96 valence electrons. The van der Waals surface area contributed by atoms with Crippen molar-refractivity contribution >= 4 is 5.97 Å². The van der Waals surface area contributed by atoms with Gasteiger partial charge in [0.1, 0.15) is 0 Å². The van der Waals surface area contributed by atoms with Crippen LogP contribution in [0.5, 0.6) is 0 Å². The van der Waals surface area contributed by atoms with Crippen LogP contribution in [-0.4, -0.2) is 64.5 Å². The number of hydrogen-bond acceptors (Lipinski definition) is 5. The van der Waals surface area contributed by atoms with Crippen molar-refractivity contribution in [2.75, 3.05) is 53.7 Å². The normalized spacial score (nSPS) is 10.8. The Bertz CT molecular complexity index is 175. The maximum absolute atomic E-state index is 11.0. The van der Waals surface area contributed by atoms with Gasteiger partial charge in [-0.3, -0.25) is 9.69 Å². The van der Waals surface area contributed by atoms with Crippen LogP contribution in [0.3, 0.4) is 0 Å². The first-order valence-corrected chi connectivity index (χ1v) is 5.60. The van der Waals surface area contributed by atoms with Gasteiger partial charge < -0.3 is 14.2 Å². The zero-order chi connectivity index (χ0) is 12.2. The Hall–Kier alpha value is -0.650. The van der Waals surface area contributed by atoms with Crippen molar-refractivity contribution in [2.45, 2.75) is 13.3 Å². The lowest BCUT2D eigenvalue weighted by Crippen LogP contribution is -2.33. The van der Waals surface area contributed by atoms with E-state index in [2.05, 4.69) is 4.74 Å². The van der Waals surface area contributed by atoms with Gasteiger partial charge in [-0.15, -0.1) is 0 Å². The standard InChI is InChI=1S/C11H23NO4/c1-4-12(10-11(13)15-3)6-9-16-8-5-7-14-2/h4-10H2,1-3H3. The average molecular weight is 233 g/mol. The van der Waals surface area contributed by atoms with Crippen LogP contribution in [0.1, 0.15) is 13.3 Å². The minimum atomic E-state index is -0.207. The quantitative estimate of drug-likeness (QED) is 0.407.